The largest absolute Gasteiger partial charge is 0.459 e. The van der Waals surface area contributed by atoms with Crippen LogP contribution in [0.25, 0.3) is 6.08 Å². The molecule has 1 aromatic rings. The molecule has 0 atom stereocenters. The third-order valence-corrected chi connectivity index (χ3v) is 2.87. The predicted molar refractivity (Wildman–Crippen MR) is 75.5 cm³/mol. The van der Waals surface area contributed by atoms with Crippen LogP contribution in [0.2, 0.25) is 0 Å². The lowest BCUT2D eigenvalue weighted by Crippen LogP contribution is -2.12. The fourth-order valence-corrected chi connectivity index (χ4v) is 1.71. The van der Waals surface area contributed by atoms with Gasteiger partial charge in [-0.3, -0.25) is 0 Å². The summed E-state index contributed by atoms with van der Waals surface area (Å²) in [6, 6.07) is 5.93. The molecule has 3 heteroatoms. The summed E-state index contributed by atoms with van der Waals surface area (Å²) >= 11 is 0. The number of hydrogen-bond donors (Lipinski definition) is 0. The van der Waals surface area contributed by atoms with Gasteiger partial charge < -0.3 is 4.74 Å². The van der Waals surface area contributed by atoms with Gasteiger partial charge >= 0.3 is 5.97 Å². The van der Waals surface area contributed by atoms with Crippen LogP contribution < -0.4 is 0 Å². The van der Waals surface area contributed by atoms with E-state index in [0.29, 0.717) is 0 Å². The predicted octanol–water partition coefficient (Wildman–Crippen LogP) is 3.47. The normalized spacial score (nSPS) is 11.3. The van der Waals surface area contributed by atoms with Crippen LogP contribution in [-0.4, -0.2) is 12.1 Å². The van der Waals surface area contributed by atoms with Crippen LogP contribution in [0.4, 0.5) is 0 Å². The number of hydrogen-bond acceptors (Lipinski definition) is 3. The van der Waals surface area contributed by atoms with Crippen LogP contribution in [0.5, 0.6) is 0 Å². The molecule has 0 spiro atoms. The van der Waals surface area contributed by atoms with Crippen LogP contribution in [-0.2, 0) is 9.53 Å². The Hall–Kier alpha value is -2.08. The summed E-state index contributed by atoms with van der Waals surface area (Å²) in [5, 5.41) is 9.07. The first kappa shape index (κ1) is 15.0. The Balaban J connectivity index is 3.16. The molecule has 0 N–H and O–H groups in total. The van der Waals surface area contributed by atoms with Gasteiger partial charge in [0.15, 0.2) is 0 Å². The maximum Gasteiger partial charge on any atom is 0.349 e. The molecule has 1 aromatic carbocycles. The lowest BCUT2D eigenvalue weighted by molar-refractivity contribution is -0.142. The molecular formula is C16H19NO2. The zero-order chi connectivity index (χ0) is 14.6. The zero-order valence-corrected chi connectivity index (χ0v) is 12.1. The molecule has 0 aliphatic carbocycles. The molecular weight excluding hydrogens is 238 g/mol. The van der Waals surface area contributed by atoms with Crippen molar-refractivity contribution in [3.8, 4) is 6.07 Å². The first-order valence-electron chi connectivity index (χ1n) is 6.25. The highest BCUT2D eigenvalue weighted by atomic mass is 16.5. The van der Waals surface area contributed by atoms with E-state index >= 15 is 0 Å². The van der Waals surface area contributed by atoms with Gasteiger partial charge in [0.25, 0.3) is 0 Å². The van der Waals surface area contributed by atoms with E-state index in [9.17, 15) is 4.79 Å². The second-order valence-corrected chi connectivity index (χ2v) is 4.92. The number of nitriles is 1. The maximum absolute atomic E-state index is 11.7. The van der Waals surface area contributed by atoms with Crippen molar-refractivity contribution in [2.45, 2.75) is 40.7 Å². The topological polar surface area (TPSA) is 50.1 Å². The molecule has 0 aromatic heterocycles. The Kier molecular flexibility index (Phi) is 4.88. The Labute approximate surface area is 114 Å². The zero-order valence-electron chi connectivity index (χ0n) is 12.1. The fourth-order valence-electron chi connectivity index (χ4n) is 1.71. The van der Waals surface area contributed by atoms with Crippen molar-refractivity contribution >= 4 is 12.0 Å². The first-order chi connectivity index (χ1) is 8.85. The van der Waals surface area contributed by atoms with E-state index < -0.39 is 5.97 Å². The summed E-state index contributed by atoms with van der Waals surface area (Å²) in [6.07, 6.45) is 1.36. The van der Waals surface area contributed by atoms with E-state index in [1.54, 1.807) is 19.9 Å². The molecule has 0 aliphatic heterocycles. The number of benzene rings is 1. The van der Waals surface area contributed by atoms with Gasteiger partial charge in [0.05, 0.1) is 6.10 Å². The molecule has 0 bridgehead atoms. The molecule has 0 amide bonds. The molecule has 0 fully saturated rings. The number of rotatable bonds is 3. The van der Waals surface area contributed by atoms with Gasteiger partial charge in [-0.1, -0.05) is 12.1 Å². The van der Waals surface area contributed by atoms with Crippen molar-refractivity contribution < 1.29 is 9.53 Å². The van der Waals surface area contributed by atoms with E-state index in [0.717, 1.165) is 16.7 Å². The van der Waals surface area contributed by atoms with E-state index in [1.807, 2.05) is 39.0 Å². The van der Waals surface area contributed by atoms with Gasteiger partial charge in [0.2, 0.25) is 0 Å². The quantitative estimate of drug-likeness (QED) is 0.473. The monoisotopic (exact) mass is 257 g/mol. The number of carbonyl (C=O) groups is 1. The molecule has 3 nitrogen and oxygen atoms in total. The Morgan fingerprint density at radius 3 is 2.32 bits per heavy atom. The Bertz CT molecular complexity index is 563. The minimum absolute atomic E-state index is 0.0278. The highest BCUT2D eigenvalue weighted by Crippen LogP contribution is 2.18. The van der Waals surface area contributed by atoms with E-state index in [1.165, 1.54) is 5.56 Å². The second-order valence-electron chi connectivity index (χ2n) is 4.92. The van der Waals surface area contributed by atoms with Crippen LogP contribution in [0.1, 0.15) is 36.1 Å². The lowest BCUT2D eigenvalue weighted by atomic mass is 9.99. The summed E-state index contributed by atoms with van der Waals surface area (Å²) in [5.74, 6) is -0.574. The van der Waals surface area contributed by atoms with Gasteiger partial charge in [-0.25, -0.2) is 4.79 Å². The molecule has 0 saturated carbocycles. The fraction of sp³-hybridized carbons (Fsp3) is 0.375. The van der Waals surface area contributed by atoms with Crippen LogP contribution >= 0.6 is 0 Å². The smallest absolute Gasteiger partial charge is 0.349 e. The van der Waals surface area contributed by atoms with E-state index in [-0.39, 0.29) is 11.7 Å². The lowest BCUT2D eigenvalue weighted by Gasteiger charge is -2.09. The minimum Gasteiger partial charge on any atom is -0.459 e. The summed E-state index contributed by atoms with van der Waals surface area (Å²) < 4.78 is 5.04. The first-order valence-corrected chi connectivity index (χ1v) is 6.25. The highest BCUT2D eigenvalue weighted by molar-refractivity contribution is 5.98. The molecule has 0 unspecified atom stereocenters. The second kappa shape index (κ2) is 6.19. The molecule has 0 saturated heterocycles. The summed E-state index contributed by atoms with van der Waals surface area (Å²) in [7, 11) is 0. The third kappa shape index (κ3) is 3.96. The Morgan fingerprint density at radius 2 is 1.79 bits per heavy atom. The van der Waals surface area contributed by atoms with Crippen molar-refractivity contribution in [3.63, 3.8) is 0 Å². The molecule has 1 rings (SSSR count). The Morgan fingerprint density at radius 1 is 1.21 bits per heavy atom. The highest BCUT2D eigenvalue weighted by Gasteiger charge is 2.13. The SMILES string of the molecule is Cc1cc(C)c(C=C(C#N)C(=O)OC(C)C)cc1C. The standard InChI is InChI=1S/C16H19NO2/c1-10(2)19-16(18)15(9-17)8-14-7-12(4)11(3)6-13(14)5/h6-8,10H,1-5H3. The van der Waals surface area contributed by atoms with Crippen molar-refractivity contribution in [1.82, 2.24) is 0 Å². The molecule has 19 heavy (non-hydrogen) atoms. The van der Waals surface area contributed by atoms with Crippen LogP contribution in [0.3, 0.4) is 0 Å². The third-order valence-electron chi connectivity index (χ3n) is 2.87. The average molecular weight is 257 g/mol. The maximum atomic E-state index is 11.7. The molecule has 0 aliphatic rings. The number of carbonyl (C=O) groups excluding carboxylic acids is 1. The summed E-state index contributed by atoms with van der Waals surface area (Å²) in [6.45, 7) is 9.52. The van der Waals surface area contributed by atoms with Gasteiger partial charge in [-0.15, -0.1) is 0 Å². The van der Waals surface area contributed by atoms with Gasteiger partial charge in [-0.2, -0.15) is 5.26 Å². The number of ether oxygens (including phenoxy) is 1. The number of esters is 1. The number of nitrogens with zero attached hydrogens (tertiary/aromatic N) is 1. The minimum atomic E-state index is -0.574. The van der Waals surface area contributed by atoms with Crippen molar-refractivity contribution in [2.75, 3.05) is 0 Å². The molecule has 100 valence electrons. The molecule has 0 radical (unpaired) electrons. The summed E-state index contributed by atoms with van der Waals surface area (Å²) in [4.78, 5) is 11.7. The number of aryl methyl sites for hydroxylation is 3. The van der Waals surface area contributed by atoms with E-state index in [4.69, 9.17) is 10.00 Å². The van der Waals surface area contributed by atoms with Crippen LogP contribution in [0.15, 0.2) is 17.7 Å². The van der Waals surface area contributed by atoms with Gasteiger partial charge in [0.1, 0.15) is 11.6 Å². The van der Waals surface area contributed by atoms with Gasteiger partial charge in [0, 0.05) is 0 Å². The van der Waals surface area contributed by atoms with Crippen molar-refractivity contribution in [3.05, 3.63) is 40.0 Å². The summed E-state index contributed by atoms with van der Waals surface area (Å²) in [5.41, 5.74) is 4.26. The van der Waals surface area contributed by atoms with Crippen LogP contribution in [0, 0.1) is 32.1 Å². The average Bonchev–Trinajstić information content (AvgIpc) is 2.31. The van der Waals surface area contributed by atoms with E-state index in [2.05, 4.69) is 0 Å². The molecule has 0 heterocycles. The van der Waals surface area contributed by atoms with Crippen molar-refractivity contribution in [2.24, 2.45) is 0 Å². The van der Waals surface area contributed by atoms with Crippen molar-refractivity contribution in [1.29, 1.82) is 5.26 Å². The van der Waals surface area contributed by atoms with Gasteiger partial charge in [-0.05, 0) is 62.9 Å².